The zero-order chi connectivity index (χ0) is 18.5. The van der Waals surface area contributed by atoms with Crippen LogP contribution in [-0.4, -0.2) is 28.8 Å². The number of ether oxygens (including phenoxy) is 1. The molecule has 0 unspecified atom stereocenters. The van der Waals surface area contributed by atoms with Gasteiger partial charge in [0.25, 0.3) is 5.91 Å². The number of amides is 1. The third-order valence-corrected chi connectivity index (χ3v) is 3.99. The van der Waals surface area contributed by atoms with Gasteiger partial charge in [-0.15, -0.1) is 0 Å². The molecular weight excluding hydrogens is 333 g/mol. The highest BCUT2D eigenvalue weighted by Crippen LogP contribution is 2.18. The van der Waals surface area contributed by atoms with Crippen LogP contribution in [0, 0.1) is 19.7 Å². The van der Waals surface area contributed by atoms with Crippen molar-refractivity contribution in [2.24, 2.45) is 0 Å². The first kappa shape index (κ1) is 17.7. The quantitative estimate of drug-likeness (QED) is 0.691. The number of carbonyl (C=O) groups excluding carboxylic acids is 1. The van der Waals surface area contributed by atoms with Crippen molar-refractivity contribution in [3.8, 4) is 11.4 Å². The van der Waals surface area contributed by atoms with Crippen LogP contribution >= 0.6 is 0 Å². The molecule has 0 bridgehead atoms. The maximum atomic E-state index is 13.1. The Balaban J connectivity index is 1.65. The molecule has 0 aliphatic carbocycles. The first-order chi connectivity index (χ1) is 12.6. The summed E-state index contributed by atoms with van der Waals surface area (Å²) in [5.41, 5.74) is 2.55. The molecule has 0 radical (unpaired) electrons. The number of hydrogen-bond donors (Lipinski definition) is 1. The summed E-state index contributed by atoms with van der Waals surface area (Å²) in [5.74, 6) is 0.245. The van der Waals surface area contributed by atoms with Gasteiger partial charge in [-0.1, -0.05) is 18.2 Å². The molecule has 1 amide bonds. The summed E-state index contributed by atoms with van der Waals surface area (Å²) >= 11 is 0. The first-order valence-corrected chi connectivity index (χ1v) is 8.34. The molecule has 0 saturated heterocycles. The summed E-state index contributed by atoms with van der Waals surface area (Å²) in [6.07, 6.45) is 0. The third kappa shape index (κ3) is 3.91. The summed E-state index contributed by atoms with van der Waals surface area (Å²) in [5, 5.41) is 7.26. The third-order valence-electron chi connectivity index (χ3n) is 3.99. The number of aromatic nitrogens is 2. The molecular formula is C20H20FN3O2. The lowest BCUT2D eigenvalue weighted by Crippen LogP contribution is -2.29. The van der Waals surface area contributed by atoms with Gasteiger partial charge in [0.2, 0.25) is 0 Å². The number of carbonyl (C=O) groups is 1. The van der Waals surface area contributed by atoms with Crippen molar-refractivity contribution in [2.45, 2.75) is 13.8 Å². The number of halogens is 1. The molecule has 0 atom stereocenters. The van der Waals surface area contributed by atoms with Crippen LogP contribution in [-0.2, 0) is 0 Å². The van der Waals surface area contributed by atoms with Gasteiger partial charge >= 0.3 is 0 Å². The number of hydrogen-bond acceptors (Lipinski definition) is 3. The van der Waals surface area contributed by atoms with Gasteiger partial charge in [0.05, 0.1) is 29.2 Å². The Morgan fingerprint density at radius 2 is 1.81 bits per heavy atom. The maximum absolute atomic E-state index is 13.1. The lowest BCUT2D eigenvalue weighted by Gasteiger charge is -2.08. The van der Waals surface area contributed by atoms with Crippen LogP contribution in [0.3, 0.4) is 0 Å². The van der Waals surface area contributed by atoms with Crippen molar-refractivity contribution in [1.82, 2.24) is 15.1 Å². The van der Waals surface area contributed by atoms with Crippen LogP contribution in [0.15, 0.2) is 54.6 Å². The minimum Gasteiger partial charge on any atom is -0.492 e. The monoisotopic (exact) mass is 353 g/mol. The van der Waals surface area contributed by atoms with E-state index in [1.165, 1.54) is 12.1 Å². The van der Waals surface area contributed by atoms with Crippen molar-refractivity contribution in [2.75, 3.05) is 13.2 Å². The lowest BCUT2D eigenvalue weighted by atomic mass is 10.2. The normalized spacial score (nSPS) is 10.6. The van der Waals surface area contributed by atoms with Crippen LogP contribution in [0.4, 0.5) is 4.39 Å². The molecule has 3 rings (SSSR count). The van der Waals surface area contributed by atoms with Crippen molar-refractivity contribution >= 4 is 5.91 Å². The molecule has 2 aromatic carbocycles. The molecule has 1 heterocycles. The highest BCUT2D eigenvalue weighted by Gasteiger charge is 2.19. The number of rotatable bonds is 6. The Kier molecular flexibility index (Phi) is 5.31. The largest absolute Gasteiger partial charge is 0.492 e. The molecule has 1 N–H and O–H groups in total. The van der Waals surface area contributed by atoms with E-state index in [0.29, 0.717) is 35.8 Å². The van der Waals surface area contributed by atoms with Crippen LogP contribution in [0.5, 0.6) is 5.75 Å². The fourth-order valence-corrected chi connectivity index (χ4v) is 2.74. The summed E-state index contributed by atoms with van der Waals surface area (Å²) < 4.78 is 20.3. The lowest BCUT2D eigenvalue weighted by molar-refractivity contribution is 0.0945. The van der Waals surface area contributed by atoms with Crippen LogP contribution < -0.4 is 10.1 Å². The van der Waals surface area contributed by atoms with Gasteiger partial charge in [0.1, 0.15) is 18.2 Å². The maximum Gasteiger partial charge on any atom is 0.255 e. The zero-order valence-corrected chi connectivity index (χ0v) is 14.7. The summed E-state index contributed by atoms with van der Waals surface area (Å²) in [7, 11) is 0. The van der Waals surface area contributed by atoms with Crippen molar-refractivity contribution in [3.05, 3.63) is 77.4 Å². The van der Waals surface area contributed by atoms with Gasteiger partial charge in [-0.2, -0.15) is 5.10 Å². The van der Waals surface area contributed by atoms with E-state index in [1.807, 2.05) is 37.3 Å². The average Bonchev–Trinajstić information content (AvgIpc) is 2.94. The van der Waals surface area contributed by atoms with Crippen molar-refractivity contribution in [1.29, 1.82) is 0 Å². The van der Waals surface area contributed by atoms with Crippen LogP contribution in [0.25, 0.3) is 5.69 Å². The zero-order valence-electron chi connectivity index (χ0n) is 14.7. The summed E-state index contributed by atoms with van der Waals surface area (Å²) in [6, 6.07) is 15.4. The van der Waals surface area contributed by atoms with Crippen molar-refractivity contribution < 1.29 is 13.9 Å². The Bertz CT molecular complexity index is 889. The number of para-hydroxylation sites is 1. The molecule has 1 aromatic heterocycles. The minimum absolute atomic E-state index is 0.204. The molecule has 26 heavy (non-hydrogen) atoms. The predicted molar refractivity (Wildman–Crippen MR) is 97.3 cm³/mol. The van der Waals surface area contributed by atoms with Gasteiger partial charge in [0, 0.05) is 0 Å². The first-order valence-electron chi connectivity index (χ1n) is 8.34. The highest BCUT2D eigenvalue weighted by atomic mass is 19.1. The second-order valence-corrected chi connectivity index (χ2v) is 5.85. The van der Waals surface area contributed by atoms with Crippen LogP contribution in [0.2, 0.25) is 0 Å². The molecule has 0 aliphatic rings. The standard InChI is InChI=1S/C20H20FN3O2/c1-14-19(15(2)24(23-14)17-10-8-16(21)9-11-17)20(25)22-12-13-26-18-6-4-3-5-7-18/h3-11H,12-13H2,1-2H3,(H,22,25). The predicted octanol–water partition coefficient (Wildman–Crippen LogP) is 3.44. The van der Waals surface area contributed by atoms with E-state index in [-0.39, 0.29) is 11.7 Å². The number of aryl methyl sites for hydroxylation is 1. The van der Waals surface area contributed by atoms with E-state index in [1.54, 1.807) is 23.7 Å². The van der Waals surface area contributed by atoms with E-state index < -0.39 is 0 Å². The fraction of sp³-hybridized carbons (Fsp3) is 0.200. The SMILES string of the molecule is Cc1nn(-c2ccc(F)cc2)c(C)c1C(=O)NCCOc1ccccc1. The van der Waals surface area contributed by atoms with E-state index in [0.717, 1.165) is 5.75 Å². The highest BCUT2D eigenvalue weighted by molar-refractivity contribution is 5.96. The fourth-order valence-electron chi connectivity index (χ4n) is 2.74. The van der Waals surface area contributed by atoms with Crippen LogP contribution in [0.1, 0.15) is 21.7 Å². The second-order valence-electron chi connectivity index (χ2n) is 5.85. The van der Waals surface area contributed by atoms with Crippen molar-refractivity contribution in [3.63, 3.8) is 0 Å². The molecule has 5 nitrogen and oxygen atoms in total. The Morgan fingerprint density at radius 1 is 1.12 bits per heavy atom. The average molecular weight is 353 g/mol. The minimum atomic E-state index is -0.313. The summed E-state index contributed by atoms with van der Waals surface area (Å²) in [6.45, 7) is 4.36. The van der Waals surface area contributed by atoms with Gasteiger partial charge in [-0.05, 0) is 50.2 Å². The number of nitrogens with one attached hydrogen (secondary N) is 1. The molecule has 3 aromatic rings. The van der Waals surface area contributed by atoms with E-state index in [9.17, 15) is 9.18 Å². The second kappa shape index (κ2) is 7.82. The van der Waals surface area contributed by atoms with E-state index in [2.05, 4.69) is 10.4 Å². The van der Waals surface area contributed by atoms with Gasteiger partial charge in [-0.25, -0.2) is 9.07 Å². The number of nitrogens with zero attached hydrogens (tertiary/aromatic N) is 2. The molecule has 0 spiro atoms. The number of benzene rings is 2. The molecule has 6 heteroatoms. The topological polar surface area (TPSA) is 56.2 Å². The molecule has 0 saturated carbocycles. The van der Waals surface area contributed by atoms with E-state index in [4.69, 9.17) is 4.74 Å². The van der Waals surface area contributed by atoms with E-state index >= 15 is 0 Å². The Labute approximate surface area is 151 Å². The molecule has 0 fully saturated rings. The van der Waals surface area contributed by atoms with Gasteiger partial charge < -0.3 is 10.1 Å². The molecule has 0 aliphatic heterocycles. The Hall–Kier alpha value is -3.15. The van der Waals surface area contributed by atoms with Gasteiger partial charge in [-0.3, -0.25) is 4.79 Å². The summed E-state index contributed by atoms with van der Waals surface area (Å²) in [4.78, 5) is 12.5. The Morgan fingerprint density at radius 3 is 2.50 bits per heavy atom. The smallest absolute Gasteiger partial charge is 0.255 e. The van der Waals surface area contributed by atoms with Gasteiger partial charge in [0.15, 0.2) is 0 Å². The molecule has 134 valence electrons.